The molecule has 0 atom stereocenters. The first-order valence-electron chi connectivity index (χ1n) is 12.1. The molecule has 0 aliphatic carbocycles. The van der Waals surface area contributed by atoms with Crippen molar-refractivity contribution in [1.29, 1.82) is 0 Å². The molecule has 1 aromatic heterocycles. The SMILES string of the molecule is CNc1nc(-c2ccc(CNNC(=S)Nc3ccccc3C(C)C)cc2)nn1-c1ccc(OC(F)(F)F)cc1. The Morgan fingerprint density at radius 3 is 2.33 bits per heavy atom. The second-order valence-electron chi connectivity index (χ2n) is 8.83. The lowest BCUT2D eigenvalue weighted by Crippen LogP contribution is -2.39. The minimum absolute atomic E-state index is 0.312. The maximum absolute atomic E-state index is 12.4. The fourth-order valence-electron chi connectivity index (χ4n) is 3.83. The zero-order chi connectivity index (χ0) is 28.0. The lowest BCUT2D eigenvalue weighted by atomic mass is 10.0. The number of hydrogen-bond donors (Lipinski definition) is 4. The normalized spacial score (nSPS) is 11.4. The van der Waals surface area contributed by atoms with Gasteiger partial charge in [0.1, 0.15) is 5.75 Å². The Hall–Kier alpha value is -4.16. The molecule has 204 valence electrons. The molecule has 0 aliphatic rings. The molecule has 4 N–H and O–H groups in total. The zero-order valence-electron chi connectivity index (χ0n) is 21.5. The summed E-state index contributed by atoms with van der Waals surface area (Å²) in [4.78, 5) is 4.51. The van der Waals surface area contributed by atoms with Crippen molar-refractivity contribution in [2.24, 2.45) is 0 Å². The Kier molecular flexibility index (Phi) is 8.67. The Morgan fingerprint density at radius 1 is 1.00 bits per heavy atom. The molecule has 4 rings (SSSR count). The third-order valence-corrected chi connectivity index (χ3v) is 5.89. The molecule has 0 spiro atoms. The number of nitrogens with one attached hydrogen (secondary N) is 4. The number of thiocarbonyl (C=S) groups is 1. The Bertz CT molecular complexity index is 1400. The molecule has 0 saturated heterocycles. The number of hydrazine groups is 1. The number of nitrogens with zero attached hydrogens (tertiary/aromatic N) is 3. The van der Waals surface area contributed by atoms with Crippen LogP contribution in [0.5, 0.6) is 5.75 Å². The van der Waals surface area contributed by atoms with Crippen molar-refractivity contribution < 1.29 is 17.9 Å². The average Bonchev–Trinajstić information content (AvgIpc) is 3.33. The van der Waals surface area contributed by atoms with E-state index < -0.39 is 6.36 Å². The van der Waals surface area contributed by atoms with Crippen LogP contribution in [-0.2, 0) is 6.54 Å². The van der Waals surface area contributed by atoms with Crippen molar-refractivity contribution in [3.05, 3.63) is 83.9 Å². The van der Waals surface area contributed by atoms with Gasteiger partial charge in [-0.05, 0) is 59.6 Å². The molecule has 4 aromatic rings. The number of anilines is 2. The van der Waals surface area contributed by atoms with Crippen LogP contribution in [0.1, 0.15) is 30.9 Å². The molecule has 0 saturated carbocycles. The smallest absolute Gasteiger partial charge is 0.406 e. The van der Waals surface area contributed by atoms with Gasteiger partial charge < -0.3 is 15.4 Å². The van der Waals surface area contributed by atoms with Crippen molar-refractivity contribution in [3.63, 3.8) is 0 Å². The number of rotatable bonds is 9. The maximum Gasteiger partial charge on any atom is 0.573 e. The van der Waals surface area contributed by atoms with E-state index in [-0.39, 0.29) is 5.75 Å². The summed E-state index contributed by atoms with van der Waals surface area (Å²) in [7, 11) is 1.69. The summed E-state index contributed by atoms with van der Waals surface area (Å²) >= 11 is 5.41. The van der Waals surface area contributed by atoms with E-state index in [4.69, 9.17) is 12.2 Å². The molecular formula is C27H28F3N7OS. The van der Waals surface area contributed by atoms with Crippen LogP contribution in [0, 0.1) is 0 Å². The topological polar surface area (TPSA) is 88.1 Å². The van der Waals surface area contributed by atoms with E-state index in [1.54, 1.807) is 7.05 Å². The average molecular weight is 556 g/mol. The van der Waals surface area contributed by atoms with Gasteiger partial charge in [0.25, 0.3) is 0 Å². The first kappa shape index (κ1) is 27.9. The molecule has 0 bridgehead atoms. The van der Waals surface area contributed by atoms with E-state index >= 15 is 0 Å². The molecule has 0 unspecified atom stereocenters. The number of benzene rings is 3. The summed E-state index contributed by atoms with van der Waals surface area (Å²) in [5.41, 5.74) is 10.6. The molecular weight excluding hydrogens is 527 g/mol. The highest BCUT2D eigenvalue weighted by Crippen LogP contribution is 2.26. The lowest BCUT2D eigenvalue weighted by molar-refractivity contribution is -0.274. The second-order valence-corrected chi connectivity index (χ2v) is 9.24. The van der Waals surface area contributed by atoms with Gasteiger partial charge in [0.15, 0.2) is 10.9 Å². The number of para-hydroxylation sites is 1. The molecule has 3 aromatic carbocycles. The molecule has 1 heterocycles. The van der Waals surface area contributed by atoms with Crippen molar-refractivity contribution >= 4 is 29.0 Å². The van der Waals surface area contributed by atoms with E-state index in [2.05, 4.69) is 56.2 Å². The van der Waals surface area contributed by atoms with Crippen LogP contribution in [0.2, 0.25) is 0 Å². The Balaban J connectivity index is 1.36. The molecule has 0 radical (unpaired) electrons. The van der Waals surface area contributed by atoms with Crippen LogP contribution in [0.4, 0.5) is 24.8 Å². The number of alkyl halides is 3. The first-order chi connectivity index (χ1) is 18.6. The third-order valence-electron chi connectivity index (χ3n) is 5.68. The third kappa shape index (κ3) is 7.45. The summed E-state index contributed by atoms with van der Waals surface area (Å²) in [5, 5.41) is 11.2. The van der Waals surface area contributed by atoms with E-state index in [1.165, 1.54) is 34.5 Å². The second kappa shape index (κ2) is 12.1. The van der Waals surface area contributed by atoms with Gasteiger partial charge in [-0.25, -0.2) is 5.43 Å². The standard InChI is InChI=1S/C27H28F3N7OS/c1-17(2)22-6-4-5-7-23(22)33-26(39)35-32-16-18-8-10-19(11-9-18)24-34-25(31-3)37(36-24)20-12-14-21(15-13-20)38-27(28,29)30/h4-15,17,32H,16H2,1-3H3,(H,31,34,36)(H2,33,35,39). The van der Waals surface area contributed by atoms with E-state index in [9.17, 15) is 13.2 Å². The largest absolute Gasteiger partial charge is 0.573 e. The minimum Gasteiger partial charge on any atom is -0.406 e. The van der Waals surface area contributed by atoms with Gasteiger partial charge in [-0.1, -0.05) is 56.3 Å². The molecule has 12 heteroatoms. The highest BCUT2D eigenvalue weighted by atomic mass is 32.1. The van der Waals surface area contributed by atoms with Crippen LogP contribution in [-0.4, -0.2) is 33.3 Å². The monoisotopic (exact) mass is 555 g/mol. The Morgan fingerprint density at radius 2 is 1.69 bits per heavy atom. The van der Waals surface area contributed by atoms with Gasteiger partial charge in [-0.2, -0.15) is 9.67 Å². The molecule has 0 fully saturated rings. The predicted molar refractivity (Wildman–Crippen MR) is 150 cm³/mol. The van der Waals surface area contributed by atoms with Crippen molar-refractivity contribution in [3.8, 4) is 22.8 Å². The van der Waals surface area contributed by atoms with Gasteiger partial charge in [0.05, 0.1) is 5.69 Å². The quantitative estimate of drug-likeness (QED) is 0.148. The highest BCUT2D eigenvalue weighted by Gasteiger charge is 2.31. The fourth-order valence-corrected chi connectivity index (χ4v) is 4.01. The predicted octanol–water partition coefficient (Wildman–Crippen LogP) is 5.99. The molecule has 8 nitrogen and oxygen atoms in total. The summed E-state index contributed by atoms with van der Waals surface area (Å²) < 4.78 is 42.8. The van der Waals surface area contributed by atoms with Crippen molar-refractivity contribution in [2.75, 3.05) is 17.7 Å². The summed E-state index contributed by atoms with van der Waals surface area (Å²) in [5.74, 6) is 0.950. The highest BCUT2D eigenvalue weighted by molar-refractivity contribution is 7.80. The van der Waals surface area contributed by atoms with Crippen LogP contribution < -0.4 is 26.2 Å². The van der Waals surface area contributed by atoms with Crippen molar-refractivity contribution in [2.45, 2.75) is 32.7 Å². The van der Waals surface area contributed by atoms with Gasteiger partial charge in [0.2, 0.25) is 5.95 Å². The lowest BCUT2D eigenvalue weighted by Gasteiger charge is -2.16. The number of aromatic nitrogens is 3. The summed E-state index contributed by atoms with van der Waals surface area (Å²) in [6.07, 6.45) is -4.75. The molecule has 0 amide bonds. The number of hydrogen-bond acceptors (Lipinski definition) is 6. The van der Waals surface area contributed by atoms with Gasteiger partial charge >= 0.3 is 6.36 Å². The van der Waals surface area contributed by atoms with E-state index in [0.29, 0.717) is 35.0 Å². The first-order valence-corrected chi connectivity index (χ1v) is 12.5. The van der Waals surface area contributed by atoms with E-state index in [1.807, 2.05) is 42.5 Å². The summed E-state index contributed by atoms with van der Waals surface area (Å²) in [6.45, 7) is 4.78. The zero-order valence-corrected chi connectivity index (χ0v) is 22.3. The minimum atomic E-state index is -4.75. The summed E-state index contributed by atoms with van der Waals surface area (Å²) in [6, 6.07) is 21.1. The van der Waals surface area contributed by atoms with Gasteiger partial charge in [-0.15, -0.1) is 18.3 Å². The van der Waals surface area contributed by atoms with Gasteiger partial charge in [-0.3, -0.25) is 5.43 Å². The van der Waals surface area contributed by atoms with Crippen LogP contribution in [0.25, 0.3) is 17.1 Å². The van der Waals surface area contributed by atoms with E-state index in [0.717, 1.165) is 16.8 Å². The Labute approximate surface area is 229 Å². The van der Waals surface area contributed by atoms with Crippen LogP contribution in [0.15, 0.2) is 72.8 Å². The maximum atomic E-state index is 12.4. The van der Waals surface area contributed by atoms with Crippen LogP contribution in [0.3, 0.4) is 0 Å². The number of ether oxygens (including phenoxy) is 1. The van der Waals surface area contributed by atoms with Crippen molar-refractivity contribution in [1.82, 2.24) is 25.6 Å². The number of halogens is 3. The van der Waals surface area contributed by atoms with Gasteiger partial charge in [0, 0.05) is 24.8 Å². The fraction of sp³-hybridized carbons (Fsp3) is 0.222. The molecule has 39 heavy (non-hydrogen) atoms. The van der Waals surface area contributed by atoms with Crippen LogP contribution >= 0.6 is 12.2 Å². The molecule has 0 aliphatic heterocycles.